The zero-order chi connectivity index (χ0) is 32.9. The molecule has 12 heteroatoms. The van der Waals surface area contributed by atoms with Crippen LogP contribution in [0.25, 0.3) is 16.5 Å². The van der Waals surface area contributed by atoms with Crippen LogP contribution in [0.1, 0.15) is 30.2 Å². The number of amides is 1. The van der Waals surface area contributed by atoms with Crippen molar-refractivity contribution in [2.24, 2.45) is 5.92 Å². The highest BCUT2D eigenvalue weighted by molar-refractivity contribution is 6.72. The van der Waals surface area contributed by atoms with Gasteiger partial charge in [-0.25, -0.2) is 0 Å². The van der Waals surface area contributed by atoms with Crippen LogP contribution in [0, 0.1) is 5.92 Å². The van der Waals surface area contributed by atoms with E-state index in [0.29, 0.717) is 53.9 Å². The second kappa shape index (κ2) is 11.9. The summed E-state index contributed by atoms with van der Waals surface area (Å²) in [7, 11) is -3.40. The Hall–Kier alpha value is -4.52. The van der Waals surface area contributed by atoms with Gasteiger partial charge in [-0.3, -0.25) is 14.3 Å². The van der Waals surface area contributed by atoms with E-state index in [-0.39, 0.29) is 18.1 Å². The normalized spacial score (nSPS) is 22.4. The number of ether oxygens (including phenoxy) is 1. The van der Waals surface area contributed by atoms with Crippen molar-refractivity contribution in [1.29, 1.82) is 0 Å². The van der Waals surface area contributed by atoms with E-state index in [1.54, 1.807) is 47.2 Å². The first kappa shape index (κ1) is 31.1. The van der Waals surface area contributed by atoms with Gasteiger partial charge in [0, 0.05) is 48.2 Å². The summed E-state index contributed by atoms with van der Waals surface area (Å²) >= 11 is 0. The topological polar surface area (TPSA) is 115 Å². The molecule has 0 bridgehead atoms. The van der Waals surface area contributed by atoms with Crippen molar-refractivity contribution in [3.63, 3.8) is 0 Å². The van der Waals surface area contributed by atoms with Crippen molar-refractivity contribution in [1.82, 2.24) is 24.8 Å². The van der Waals surface area contributed by atoms with Gasteiger partial charge in [-0.05, 0) is 49.3 Å². The van der Waals surface area contributed by atoms with Crippen LogP contribution in [0.4, 0.5) is 9.80 Å². The van der Waals surface area contributed by atoms with Crippen LogP contribution >= 0.6 is 0 Å². The number of aromatic nitrogens is 5. The lowest BCUT2D eigenvalue weighted by molar-refractivity contribution is -0.146. The van der Waals surface area contributed by atoms with Crippen LogP contribution < -0.4 is 10.5 Å². The molecule has 242 valence electrons. The van der Waals surface area contributed by atoms with Crippen molar-refractivity contribution in [2.45, 2.75) is 63.2 Å². The molecule has 1 fully saturated rings. The van der Waals surface area contributed by atoms with Crippen molar-refractivity contribution >= 4 is 30.8 Å². The van der Waals surface area contributed by atoms with Gasteiger partial charge >= 0.3 is 0 Å². The lowest BCUT2D eigenvalue weighted by Gasteiger charge is -2.31. The number of hydrogen-bond donors (Lipinski definition) is 1. The Morgan fingerprint density at radius 3 is 2.57 bits per heavy atom. The molecule has 3 aromatic carbocycles. The first-order valence-electron chi connectivity index (χ1n) is 16.0. The number of fused-ring (bicyclic) bond motifs is 3. The third kappa shape index (κ3) is 5.30. The van der Waals surface area contributed by atoms with Crippen LogP contribution in [0.2, 0.25) is 18.6 Å². The summed E-state index contributed by atoms with van der Waals surface area (Å²) in [6.45, 7) is 5.98. The Morgan fingerprint density at radius 2 is 1.81 bits per heavy atom. The van der Waals surface area contributed by atoms with Crippen molar-refractivity contribution in [3.05, 3.63) is 112 Å². The molecule has 0 saturated carbocycles. The predicted octanol–water partition coefficient (Wildman–Crippen LogP) is 4.92. The van der Waals surface area contributed by atoms with Gasteiger partial charge in [-0.15, -0.1) is 5.10 Å². The number of nitrogens with zero attached hydrogens (tertiary/aromatic N) is 6. The van der Waals surface area contributed by atoms with Gasteiger partial charge in [-0.1, -0.05) is 60.7 Å². The number of anilines is 1. The van der Waals surface area contributed by atoms with Gasteiger partial charge in [0.1, 0.15) is 0 Å². The lowest BCUT2D eigenvalue weighted by Crippen LogP contribution is -2.45. The molecule has 1 amide bonds. The van der Waals surface area contributed by atoms with E-state index >= 15 is 4.11 Å². The van der Waals surface area contributed by atoms with E-state index in [1.807, 2.05) is 67.6 Å². The Morgan fingerprint density at radius 1 is 1.04 bits per heavy atom. The second-order valence-corrected chi connectivity index (χ2v) is 16.8. The standard InChI is InChI=1S/C35H37FN6O4Si/c1-23-32(47(2,3)36)31(15-17-40-22-26(16-18-43)38-39-40)46-35(23)29-19-27(42-33(44)28-12-8-7-11-25(28)20-37-42)13-14-30(29)41(34(35)45)21-24-9-5-4-6-10-24/h4-14,19-20,22-23,31-32,43H,15-18,21H2,1-3H3/t23-,31+,32-,35+/m0/s1. The average Bonchev–Trinajstić information content (AvgIpc) is 3.70. The molecule has 0 unspecified atom stereocenters. The first-order chi connectivity index (χ1) is 22.6. The SMILES string of the molecule is C[C@H]1[C@H]([Si](C)(C)F)[C@@H](CCn2cc(CCO)nn2)O[C@]12C(=O)N(Cc1ccccc1)c1ccc(-n3ncc4ccccc4c3=O)cc12. The largest absolute Gasteiger partial charge is 0.396 e. The summed E-state index contributed by atoms with van der Waals surface area (Å²) in [5, 5.41) is 23.3. The van der Waals surface area contributed by atoms with Gasteiger partial charge in [0.2, 0.25) is 8.41 Å². The highest BCUT2D eigenvalue weighted by Crippen LogP contribution is 2.60. The fraction of sp³-hybridized carbons (Fsp3) is 0.343. The van der Waals surface area contributed by atoms with Gasteiger partial charge < -0.3 is 18.9 Å². The summed E-state index contributed by atoms with van der Waals surface area (Å²) in [5.41, 5.74) is 1.17. The van der Waals surface area contributed by atoms with Crippen LogP contribution in [-0.2, 0) is 34.6 Å². The minimum atomic E-state index is -3.40. The maximum Gasteiger partial charge on any atom is 0.279 e. The van der Waals surface area contributed by atoms with E-state index in [0.717, 1.165) is 10.9 Å². The van der Waals surface area contributed by atoms with Crippen molar-refractivity contribution in [2.75, 3.05) is 11.5 Å². The number of aliphatic hydroxyl groups is 1. The highest BCUT2D eigenvalue weighted by atomic mass is 28.4. The first-order valence-corrected chi connectivity index (χ1v) is 18.9. The van der Waals surface area contributed by atoms with Gasteiger partial charge in [0.25, 0.3) is 11.5 Å². The number of hydrogen-bond acceptors (Lipinski definition) is 7. The van der Waals surface area contributed by atoms with Gasteiger partial charge in [0.05, 0.1) is 41.3 Å². The third-order valence-electron chi connectivity index (χ3n) is 9.67. The summed E-state index contributed by atoms with van der Waals surface area (Å²) in [4.78, 5) is 30.1. The maximum atomic E-state index is 16.4. The molecular weight excluding hydrogens is 616 g/mol. The van der Waals surface area contributed by atoms with E-state index in [1.165, 1.54) is 4.68 Å². The van der Waals surface area contributed by atoms with Crippen molar-refractivity contribution in [3.8, 4) is 5.69 Å². The molecule has 2 aromatic heterocycles. The van der Waals surface area contributed by atoms with Crippen LogP contribution in [0.15, 0.2) is 90.0 Å². The molecule has 7 rings (SSSR count). The van der Waals surface area contributed by atoms with Crippen LogP contribution in [-0.4, -0.2) is 56.9 Å². The number of aryl methyl sites for hydroxylation is 1. The monoisotopic (exact) mass is 652 g/mol. The fourth-order valence-corrected chi connectivity index (χ4v) is 10.1. The Balaban J connectivity index is 1.33. The number of aliphatic hydroxyl groups excluding tert-OH is 1. The van der Waals surface area contributed by atoms with E-state index in [9.17, 15) is 14.7 Å². The molecule has 4 atom stereocenters. The van der Waals surface area contributed by atoms with Crippen molar-refractivity contribution < 1.29 is 18.7 Å². The molecule has 1 saturated heterocycles. The fourth-order valence-electron chi connectivity index (χ4n) is 7.57. The number of rotatable bonds is 9. The molecule has 0 aliphatic carbocycles. The minimum absolute atomic E-state index is 0.0297. The molecule has 47 heavy (non-hydrogen) atoms. The predicted molar refractivity (Wildman–Crippen MR) is 178 cm³/mol. The van der Waals surface area contributed by atoms with Gasteiger partial charge in [0.15, 0.2) is 5.60 Å². The maximum absolute atomic E-state index is 16.4. The summed E-state index contributed by atoms with van der Waals surface area (Å²) in [6, 6.07) is 22.5. The number of carbonyl (C=O) groups excluding carboxylic acids is 1. The van der Waals surface area contributed by atoms with E-state index in [4.69, 9.17) is 4.74 Å². The molecule has 10 nitrogen and oxygen atoms in total. The van der Waals surface area contributed by atoms with Crippen LogP contribution in [0.5, 0.6) is 0 Å². The van der Waals surface area contributed by atoms with E-state index < -0.39 is 31.6 Å². The summed E-state index contributed by atoms with van der Waals surface area (Å²) < 4.78 is 26.3. The summed E-state index contributed by atoms with van der Waals surface area (Å²) in [6.07, 6.45) is 3.68. The Labute approximate surface area is 272 Å². The smallest absolute Gasteiger partial charge is 0.279 e. The molecule has 4 heterocycles. The molecule has 5 aromatic rings. The number of halogens is 1. The zero-order valence-electron chi connectivity index (χ0n) is 26.6. The summed E-state index contributed by atoms with van der Waals surface area (Å²) in [5.74, 6) is -0.736. The zero-order valence-corrected chi connectivity index (χ0v) is 27.6. The molecule has 2 aliphatic heterocycles. The average molecular weight is 653 g/mol. The molecule has 1 spiro atoms. The molecule has 1 N–H and O–H groups in total. The third-order valence-corrected chi connectivity index (χ3v) is 12.1. The second-order valence-electron chi connectivity index (χ2n) is 13.0. The Bertz CT molecular complexity index is 2010. The number of benzene rings is 3. The molecular formula is C35H37FN6O4Si. The number of carbonyl (C=O) groups is 1. The lowest BCUT2D eigenvalue weighted by atomic mass is 9.82. The molecule has 2 aliphatic rings. The van der Waals surface area contributed by atoms with Crippen LogP contribution in [0.3, 0.4) is 0 Å². The van der Waals surface area contributed by atoms with E-state index in [2.05, 4.69) is 15.4 Å². The molecule has 0 radical (unpaired) electrons. The minimum Gasteiger partial charge on any atom is -0.396 e. The highest BCUT2D eigenvalue weighted by Gasteiger charge is 2.66. The Kier molecular flexibility index (Phi) is 7.89. The van der Waals surface area contributed by atoms with Gasteiger partial charge in [-0.2, -0.15) is 9.78 Å². The quantitative estimate of drug-likeness (QED) is 0.178.